The molecular formula is C31H64O. The van der Waals surface area contributed by atoms with Gasteiger partial charge in [0.05, 0.1) is 6.10 Å². The van der Waals surface area contributed by atoms with Crippen LogP contribution in [0, 0.1) is 0 Å². The second-order valence-electron chi connectivity index (χ2n) is 10.6. The van der Waals surface area contributed by atoms with Gasteiger partial charge in [-0.25, -0.2) is 0 Å². The molecule has 32 heavy (non-hydrogen) atoms. The fraction of sp³-hybridized carbons (Fsp3) is 1.00. The predicted octanol–water partition coefficient (Wildman–Crippen LogP) is 11.6. The van der Waals surface area contributed by atoms with Crippen LogP contribution >= 0.6 is 0 Å². The van der Waals surface area contributed by atoms with Gasteiger partial charge in [-0.05, 0) is 19.8 Å². The third-order valence-corrected chi connectivity index (χ3v) is 7.11. The highest BCUT2D eigenvalue weighted by Gasteiger charge is 2.02. The second kappa shape index (κ2) is 29.0. The highest BCUT2D eigenvalue weighted by Crippen LogP contribution is 2.15. The van der Waals surface area contributed by atoms with Gasteiger partial charge in [-0.3, -0.25) is 0 Å². The van der Waals surface area contributed by atoms with E-state index in [1.54, 1.807) is 0 Å². The van der Waals surface area contributed by atoms with Gasteiger partial charge in [0.2, 0.25) is 0 Å². The maximum atomic E-state index is 6.04. The molecule has 0 aromatic heterocycles. The molecule has 0 aliphatic carbocycles. The third-order valence-electron chi connectivity index (χ3n) is 7.11. The molecule has 0 bridgehead atoms. The molecule has 0 fully saturated rings. The maximum absolute atomic E-state index is 6.04. The third kappa shape index (κ3) is 28.0. The fourth-order valence-electron chi connectivity index (χ4n) is 4.76. The molecule has 1 heteroatoms. The van der Waals surface area contributed by atoms with E-state index in [0.29, 0.717) is 6.10 Å². The number of unbranched alkanes of at least 4 members (excludes halogenated alkanes) is 23. The Kier molecular flexibility index (Phi) is 29.0. The lowest BCUT2D eigenvalue weighted by Crippen LogP contribution is -2.09. The summed E-state index contributed by atoms with van der Waals surface area (Å²) in [6, 6.07) is 0. The Hall–Kier alpha value is -0.0400. The standard InChI is InChI=1S/C31H64O/c1-4-6-8-10-12-14-16-18-19-21-23-25-27-29-31(3)32-30-28-26-24-22-20-17-15-13-11-9-7-5-2/h31H,4-30H2,1-3H3. The van der Waals surface area contributed by atoms with Crippen LogP contribution in [0.1, 0.15) is 188 Å². The maximum Gasteiger partial charge on any atom is 0.0547 e. The zero-order valence-electron chi connectivity index (χ0n) is 23.1. The summed E-state index contributed by atoms with van der Waals surface area (Å²) in [6.45, 7) is 7.86. The monoisotopic (exact) mass is 452 g/mol. The molecule has 194 valence electrons. The van der Waals surface area contributed by atoms with E-state index in [-0.39, 0.29) is 0 Å². The summed E-state index contributed by atoms with van der Waals surface area (Å²) in [4.78, 5) is 0. The van der Waals surface area contributed by atoms with Gasteiger partial charge in [-0.2, -0.15) is 0 Å². The first-order valence-electron chi connectivity index (χ1n) is 15.4. The van der Waals surface area contributed by atoms with Crippen LogP contribution in [0.3, 0.4) is 0 Å². The molecule has 1 atom stereocenters. The van der Waals surface area contributed by atoms with Crippen LogP contribution in [0.5, 0.6) is 0 Å². The molecular weight excluding hydrogens is 388 g/mol. The summed E-state index contributed by atoms with van der Waals surface area (Å²) < 4.78 is 6.04. The van der Waals surface area contributed by atoms with Gasteiger partial charge in [-0.1, -0.05) is 168 Å². The van der Waals surface area contributed by atoms with E-state index in [9.17, 15) is 0 Å². The van der Waals surface area contributed by atoms with Crippen molar-refractivity contribution in [1.29, 1.82) is 0 Å². The highest BCUT2D eigenvalue weighted by molar-refractivity contribution is 4.54. The summed E-state index contributed by atoms with van der Waals surface area (Å²) >= 11 is 0. The van der Waals surface area contributed by atoms with E-state index in [4.69, 9.17) is 4.74 Å². The molecule has 0 saturated carbocycles. The summed E-state index contributed by atoms with van der Waals surface area (Å²) in [7, 11) is 0. The number of ether oxygens (including phenoxy) is 1. The van der Waals surface area contributed by atoms with Crippen LogP contribution in [-0.2, 0) is 4.74 Å². The number of rotatable bonds is 28. The Morgan fingerprint density at radius 2 is 0.656 bits per heavy atom. The van der Waals surface area contributed by atoms with Gasteiger partial charge >= 0.3 is 0 Å². The zero-order valence-corrected chi connectivity index (χ0v) is 23.1. The van der Waals surface area contributed by atoms with Crippen LogP contribution in [0.15, 0.2) is 0 Å². The average Bonchev–Trinajstić information content (AvgIpc) is 2.80. The Morgan fingerprint density at radius 1 is 0.375 bits per heavy atom. The van der Waals surface area contributed by atoms with Crippen molar-refractivity contribution in [2.45, 2.75) is 194 Å². The van der Waals surface area contributed by atoms with E-state index in [0.717, 1.165) is 6.61 Å². The number of hydrogen-bond donors (Lipinski definition) is 0. The SMILES string of the molecule is CCCCCCCCCCCCCCCC(C)OCCCCCCCCCCCCCC. The molecule has 0 amide bonds. The Morgan fingerprint density at radius 3 is 1.00 bits per heavy atom. The average molecular weight is 453 g/mol. The Balaban J connectivity index is 3.13. The first-order valence-corrected chi connectivity index (χ1v) is 15.4. The van der Waals surface area contributed by atoms with Gasteiger partial charge in [-0.15, -0.1) is 0 Å². The summed E-state index contributed by atoms with van der Waals surface area (Å²) in [5.74, 6) is 0. The highest BCUT2D eigenvalue weighted by atomic mass is 16.5. The van der Waals surface area contributed by atoms with Crippen molar-refractivity contribution in [3.63, 3.8) is 0 Å². The van der Waals surface area contributed by atoms with E-state index >= 15 is 0 Å². The van der Waals surface area contributed by atoms with Crippen molar-refractivity contribution in [3.05, 3.63) is 0 Å². The van der Waals surface area contributed by atoms with Crippen LogP contribution in [0.4, 0.5) is 0 Å². The van der Waals surface area contributed by atoms with Crippen molar-refractivity contribution < 1.29 is 4.74 Å². The number of hydrogen-bond acceptors (Lipinski definition) is 1. The molecule has 0 radical (unpaired) electrons. The van der Waals surface area contributed by atoms with E-state index in [2.05, 4.69) is 20.8 Å². The second-order valence-corrected chi connectivity index (χ2v) is 10.6. The minimum Gasteiger partial charge on any atom is -0.379 e. The Labute approximate surface area is 205 Å². The van der Waals surface area contributed by atoms with Gasteiger partial charge in [0, 0.05) is 6.61 Å². The van der Waals surface area contributed by atoms with Gasteiger partial charge in [0.15, 0.2) is 0 Å². The van der Waals surface area contributed by atoms with Crippen LogP contribution in [-0.4, -0.2) is 12.7 Å². The molecule has 0 rings (SSSR count). The van der Waals surface area contributed by atoms with Crippen molar-refractivity contribution in [1.82, 2.24) is 0 Å². The first-order chi connectivity index (χ1) is 15.8. The summed E-state index contributed by atoms with van der Waals surface area (Å²) in [5.41, 5.74) is 0. The topological polar surface area (TPSA) is 9.23 Å². The van der Waals surface area contributed by atoms with Gasteiger partial charge in [0.1, 0.15) is 0 Å². The van der Waals surface area contributed by atoms with E-state index in [1.165, 1.54) is 167 Å². The molecule has 0 aromatic rings. The Bertz CT molecular complexity index is 284. The van der Waals surface area contributed by atoms with Crippen LogP contribution < -0.4 is 0 Å². The van der Waals surface area contributed by atoms with Crippen molar-refractivity contribution >= 4 is 0 Å². The van der Waals surface area contributed by atoms with Gasteiger partial charge < -0.3 is 4.74 Å². The largest absolute Gasteiger partial charge is 0.379 e. The molecule has 0 N–H and O–H groups in total. The normalized spacial score (nSPS) is 12.5. The molecule has 0 aliphatic heterocycles. The predicted molar refractivity (Wildman–Crippen MR) is 147 cm³/mol. The van der Waals surface area contributed by atoms with Crippen molar-refractivity contribution in [3.8, 4) is 0 Å². The molecule has 0 spiro atoms. The molecule has 0 aromatic carbocycles. The molecule has 0 heterocycles. The lowest BCUT2D eigenvalue weighted by atomic mass is 10.0. The lowest BCUT2D eigenvalue weighted by Gasteiger charge is -2.13. The quantitative estimate of drug-likeness (QED) is 0.107. The first kappa shape index (κ1) is 32.0. The summed E-state index contributed by atoms with van der Waals surface area (Å²) in [6.07, 6.45) is 37.4. The molecule has 0 saturated heterocycles. The fourth-order valence-corrected chi connectivity index (χ4v) is 4.76. The molecule has 1 unspecified atom stereocenters. The minimum atomic E-state index is 0.468. The summed E-state index contributed by atoms with van der Waals surface area (Å²) in [5, 5.41) is 0. The zero-order chi connectivity index (χ0) is 23.4. The smallest absolute Gasteiger partial charge is 0.0547 e. The van der Waals surface area contributed by atoms with Crippen LogP contribution in [0.25, 0.3) is 0 Å². The van der Waals surface area contributed by atoms with Crippen molar-refractivity contribution in [2.24, 2.45) is 0 Å². The van der Waals surface area contributed by atoms with Crippen LogP contribution in [0.2, 0.25) is 0 Å². The lowest BCUT2D eigenvalue weighted by molar-refractivity contribution is 0.0557. The van der Waals surface area contributed by atoms with E-state index < -0.39 is 0 Å². The van der Waals surface area contributed by atoms with Gasteiger partial charge in [0.25, 0.3) is 0 Å². The molecule has 1 nitrogen and oxygen atoms in total. The minimum absolute atomic E-state index is 0.468. The molecule has 0 aliphatic rings. The van der Waals surface area contributed by atoms with E-state index in [1.807, 2.05) is 0 Å². The van der Waals surface area contributed by atoms with Crippen molar-refractivity contribution in [2.75, 3.05) is 6.61 Å².